The zero-order valence-corrected chi connectivity index (χ0v) is 20.4. The summed E-state index contributed by atoms with van der Waals surface area (Å²) < 4.78 is 12.9. The third-order valence-corrected chi connectivity index (χ3v) is 7.15. The minimum atomic E-state index is -0.520. The van der Waals surface area contributed by atoms with E-state index in [0.717, 1.165) is 34.4 Å². The van der Waals surface area contributed by atoms with E-state index in [9.17, 15) is 9.59 Å². The van der Waals surface area contributed by atoms with Gasteiger partial charge in [-0.15, -0.1) is 11.3 Å². The summed E-state index contributed by atoms with van der Waals surface area (Å²) in [6.07, 6.45) is 2.77. The number of hydrogen-bond acceptors (Lipinski definition) is 6. The fourth-order valence-corrected chi connectivity index (χ4v) is 5.62. The highest BCUT2D eigenvalue weighted by atomic mass is 32.1. The van der Waals surface area contributed by atoms with Crippen molar-refractivity contribution >= 4 is 34.1 Å². The molecule has 2 heterocycles. The molecule has 1 amide bonds. The van der Waals surface area contributed by atoms with Crippen molar-refractivity contribution in [3.63, 3.8) is 0 Å². The number of benzene rings is 2. The smallest absolute Gasteiger partial charge is 0.419 e. The second-order valence-corrected chi connectivity index (χ2v) is 9.16. The number of esters is 1. The molecule has 2 aromatic carbocycles. The Balaban J connectivity index is 1.64. The van der Waals surface area contributed by atoms with Gasteiger partial charge in [0.25, 0.3) is 0 Å². The highest BCUT2D eigenvalue weighted by Gasteiger charge is 2.35. The second-order valence-electron chi connectivity index (χ2n) is 8.16. The van der Waals surface area contributed by atoms with Gasteiger partial charge in [0.1, 0.15) is 16.5 Å². The monoisotopic (exact) mass is 487 g/mol. The molecule has 178 valence electrons. The van der Waals surface area contributed by atoms with Crippen molar-refractivity contribution in [2.24, 2.45) is 7.05 Å². The number of rotatable bonds is 6. The first kappa shape index (κ1) is 22.9. The summed E-state index contributed by atoms with van der Waals surface area (Å²) in [5.41, 5.74) is 5.25. The van der Waals surface area contributed by atoms with Crippen molar-refractivity contribution in [1.29, 1.82) is 0 Å². The Labute approximate surface area is 207 Å². The van der Waals surface area contributed by atoms with Crippen LogP contribution in [0.4, 0.5) is 15.5 Å². The molecule has 0 saturated carbocycles. The number of para-hydroxylation sites is 1. The molecule has 2 aromatic heterocycles. The largest absolute Gasteiger partial charge is 0.462 e. The Morgan fingerprint density at radius 1 is 1.03 bits per heavy atom. The number of carbonyl (C=O) groups excluding carboxylic acids is 2. The van der Waals surface area contributed by atoms with E-state index in [1.54, 1.807) is 16.5 Å². The molecule has 1 aliphatic rings. The second kappa shape index (κ2) is 9.76. The van der Waals surface area contributed by atoms with Crippen molar-refractivity contribution in [2.45, 2.75) is 26.4 Å². The first-order valence-electron chi connectivity index (χ1n) is 11.5. The number of nitrogens with zero attached hydrogens (tertiary/aromatic N) is 3. The third kappa shape index (κ3) is 4.33. The molecule has 0 spiro atoms. The molecular weight excluding hydrogens is 462 g/mol. The summed E-state index contributed by atoms with van der Waals surface area (Å²) in [6, 6.07) is 18.9. The van der Waals surface area contributed by atoms with Crippen molar-refractivity contribution in [1.82, 2.24) is 9.78 Å². The maximum Gasteiger partial charge on any atom is 0.419 e. The van der Waals surface area contributed by atoms with Crippen molar-refractivity contribution < 1.29 is 19.1 Å². The molecule has 4 aromatic rings. The van der Waals surface area contributed by atoms with Crippen LogP contribution in [-0.2, 0) is 36.0 Å². The Kier molecular flexibility index (Phi) is 6.37. The summed E-state index contributed by atoms with van der Waals surface area (Å²) in [5.74, 6) is -0.378. The lowest BCUT2D eigenvalue weighted by Gasteiger charge is -2.24. The molecular formula is C27H25N3O4S. The normalized spacial score (nSPS) is 11.9. The third-order valence-electron chi connectivity index (χ3n) is 5.95. The van der Waals surface area contributed by atoms with Gasteiger partial charge < -0.3 is 9.47 Å². The number of aryl methyl sites for hydroxylation is 2. The van der Waals surface area contributed by atoms with Crippen LogP contribution in [0, 0.1) is 0 Å². The van der Waals surface area contributed by atoms with Gasteiger partial charge in [0.05, 0.1) is 24.2 Å². The van der Waals surface area contributed by atoms with Gasteiger partial charge in [-0.3, -0.25) is 4.68 Å². The minimum absolute atomic E-state index is 0.137. The van der Waals surface area contributed by atoms with E-state index in [1.165, 1.54) is 11.3 Å². The minimum Gasteiger partial charge on any atom is -0.462 e. The zero-order valence-electron chi connectivity index (χ0n) is 19.6. The first-order chi connectivity index (χ1) is 17.1. The topological polar surface area (TPSA) is 73.7 Å². The van der Waals surface area contributed by atoms with Gasteiger partial charge in [-0.25, -0.2) is 14.5 Å². The molecule has 0 saturated heterocycles. The number of hydrogen-bond donors (Lipinski definition) is 0. The Morgan fingerprint density at radius 3 is 2.46 bits per heavy atom. The summed E-state index contributed by atoms with van der Waals surface area (Å²) in [5, 5.41) is 5.07. The van der Waals surface area contributed by atoms with Crippen LogP contribution < -0.4 is 4.90 Å². The molecule has 0 fully saturated rings. The van der Waals surface area contributed by atoms with E-state index in [2.05, 4.69) is 5.10 Å². The average Bonchev–Trinajstić information content (AvgIpc) is 3.45. The number of ether oxygens (including phenoxy) is 2. The van der Waals surface area contributed by atoms with Gasteiger partial charge in [-0.05, 0) is 48.6 Å². The molecule has 8 heteroatoms. The fraction of sp³-hybridized carbons (Fsp3) is 0.222. The Hall–Kier alpha value is -3.91. The predicted octanol–water partition coefficient (Wildman–Crippen LogP) is 5.90. The van der Waals surface area contributed by atoms with Crippen molar-refractivity contribution in [3.8, 4) is 11.3 Å². The van der Waals surface area contributed by atoms with Gasteiger partial charge in [0, 0.05) is 12.6 Å². The van der Waals surface area contributed by atoms with E-state index in [4.69, 9.17) is 9.47 Å². The van der Waals surface area contributed by atoms with Gasteiger partial charge in [0.15, 0.2) is 0 Å². The van der Waals surface area contributed by atoms with Gasteiger partial charge in [-0.2, -0.15) is 5.10 Å². The lowest BCUT2D eigenvalue weighted by atomic mass is 9.91. The maximum absolute atomic E-state index is 13.6. The van der Waals surface area contributed by atoms with Crippen molar-refractivity contribution in [3.05, 3.63) is 88.4 Å². The summed E-state index contributed by atoms with van der Waals surface area (Å²) in [7, 11) is 1.87. The Bertz CT molecular complexity index is 1360. The molecule has 0 atom stereocenters. The quantitative estimate of drug-likeness (QED) is 0.317. The molecule has 0 bridgehead atoms. The predicted molar refractivity (Wildman–Crippen MR) is 135 cm³/mol. The molecule has 0 unspecified atom stereocenters. The van der Waals surface area contributed by atoms with E-state index >= 15 is 0 Å². The number of amides is 1. The van der Waals surface area contributed by atoms with E-state index in [0.29, 0.717) is 22.0 Å². The summed E-state index contributed by atoms with van der Waals surface area (Å²) in [4.78, 5) is 28.6. The van der Waals surface area contributed by atoms with Crippen LogP contribution in [0.15, 0.2) is 66.9 Å². The van der Waals surface area contributed by atoms with E-state index < -0.39 is 6.09 Å². The summed E-state index contributed by atoms with van der Waals surface area (Å²) in [6.45, 7) is 2.20. The highest BCUT2D eigenvalue weighted by Crippen LogP contribution is 2.49. The molecule has 5 rings (SSSR count). The molecule has 7 nitrogen and oxygen atoms in total. The lowest BCUT2D eigenvalue weighted by molar-refractivity contribution is 0.0531. The number of thiophene rings is 1. The fourth-order valence-electron chi connectivity index (χ4n) is 4.37. The SMILES string of the molecule is CCOC(=O)c1sc(N(C(=O)OCc2ccccc2)c2ccccc2)c2c1CCc1cnn(C)c1-2. The number of carbonyl (C=O) groups is 2. The van der Waals surface area contributed by atoms with Crippen LogP contribution >= 0.6 is 11.3 Å². The standard InChI is InChI=1S/C27H25N3O4S/c1-3-33-26(31)24-21-15-14-19-16-28-29(2)23(19)22(21)25(35-24)30(20-12-8-5-9-13-20)27(32)34-17-18-10-6-4-7-11-18/h4-13,16H,3,14-15,17H2,1-2H3. The van der Waals surface area contributed by atoms with Gasteiger partial charge in [-0.1, -0.05) is 48.5 Å². The Morgan fingerprint density at radius 2 is 1.74 bits per heavy atom. The first-order valence-corrected chi connectivity index (χ1v) is 12.3. The zero-order chi connectivity index (χ0) is 24.4. The maximum atomic E-state index is 13.6. The molecule has 35 heavy (non-hydrogen) atoms. The molecule has 1 aliphatic carbocycles. The lowest BCUT2D eigenvalue weighted by Crippen LogP contribution is -2.26. The van der Waals surface area contributed by atoms with Crippen LogP contribution in [0.2, 0.25) is 0 Å². The molecule has 0 N–H and O–H groups in total. The van der Waals surface area contributed by atoms with E-state index in [-0.39, 0.29) is 19.2 Å². The van der Waals surface area contributed by atoms with Gasteiger partial charge >= 0.3 is 12.1 Å². The number of aromatic nitrogens is 2. The summed E-state index contributed by atoms with van der Waals surface area (Å²) >= 11 is 1.26. The molecule has 0 radical (unpaired) electrons. The molecule has 0 aliphatic heterocycles. The van der Waals surface area contributed by atoms with Crippen LogP contribution in [0.3, 0.4) is 0 Å². The van der Waals surface area contributed by atoms with Crippen LogP contribution in [-0.4, -0.2) is 28.4 Å². The number of fused-ring (bicyclic) bond motifs is 3. The number of anilines is 2. The van der Waals surface area contributed by atoms with Crippen LogP contribution in [0.5, 0.6) is 0 Å². The van der Waals surface area contributed by atoms with Crippen LogP contribution in [0.25, 0.3) is 11.3 Å². The van der Waals surface area contributed by atoms with Crippen molar-refractivity contribution in [2.75, 3.05) is 11.5 Å². The highest BCUT2D eigenvalue weighted by molar-refractivity contribution is 7.19. The average molecular weight is 488 g/mol. The van der Waals surface area contributed by atoms with E-state index in [1.807, 2.05) is 73.9 Å². The van der Waals surface area contributed by atoms with Gasteiger partial charge in [0.2, 0.25) is 0 Å². The van der Waals surface area contributed by atoms with Crippen LogP contribution in [0.1, 0.15) is 33.3 Å².